The molecule has 258 valence electrons. The molecule has 3 aliphatic rings. The van der Waals surface area contributed by atoms with E-state index in [-0.39, 0.29) is 0 Å². The summed E-state index contributed by atoms with van der Waals surface area (Å²) in [5.41, 5.74) is 20.0. The minimum absolute atomic E-state index is 0.439. The Morgan fingerprint density at radius 1 is 0.400 bits per heavy atom. The molecule has 12 rings (SSSR count). The molecule has 0 aliphatic heterocycles. The van der Waals surface area contributed by atoms with Gasteiger partial charge in [-0.25, -0.2) is 0 Å². The number of hydrogen-bond donors (Lipinski definition) is 0. The van der Waals surface area contributed by atoms with Gasteiger partial charge in [-0.3, -0.25) is 0 Å². The second-order valence-electron chi connectivity index (χ2n) is 15.9. The second kappa shape index (κ2) is 11.1. The first-order valence-electron chi connectivity index (χ1n) is 19.4. The van der Waals surface area contributed by atoms with E-state index in [1.807, 2.05) is 0 Å². The summed E-state index contributed by atoms with van der Waals surface area (Å²) in [6.07, 6.45) is 0. The standard InChI is InChI=1S/C52H35BBrN/c1-53(2)32-23-27-49-39(29-32)40-30-33(54)24-28-50(40)55(49)34-25-26-47-48(31-34)52(43-19-9-5-15-37(43)38-16-6-10-20-44(38)52)46-22-12-11-21-45(46)51(47)41-17-7-3-13-35(41)36-14-4-8-18-42(36)51/h3-31H,1-2H3. The molecule has 2 spiro atoms. The van der Waals surface area contributed by atoms with Gasteiger partial charge in [0.15, 0.2) is 6.71 Å². The fourth-order valence-corrected chi connectivity index (χ4v) is 11.4. The highest BCUT2D eigenvalue weighted by atomic mass is 79.9. The van der Waals surface area contributed by atoms with Gasteiger partial charge in [0.05, 0.1) is 21.9 Å². The molecule has 0 saturated carbocycles. The van der Waals surface area contributed by atoms with Crippen molar-refractivity contribution in [3.8, 4) is 27.9 Å². The zero-order valence-corrected chi connectivity index (χ0v) is 32.2. The molecule has 0 saturated heterocycles. The molecule has 0 atom stereocenters. The van der Waals surface area contributed by atoms with E-state index in [1.165, 1.54) is 99.7 Å². The fourth-order valence-electron chi connectivity index (χ4n) is 11.0. The summed E-state index contributed by atoms with van der Waals surface area (Å²) in [7, 11) is 0. The lowest BCUT2D eigenvalue weighted by molar-refractivity contribution is 0.632. The van der Waals surface area contributed by atoms with Crippen molar-refractivity contribution in [2.45, 2.75) is 24.5 Å². The van der Waals surface area contributed by atoms with Crippen molar-refractivity contribution in [2.75, 3.05) is 0 Å². The molecule has 9 aromatic rings. The van der Waals surface area contributed by atoms with Gasteiger partial charge < -0.3 is 4.57 Å². The van der Waals surface area contributed by atoms with Gasteiger partial charge in [-0.1, -0.05) is 175 Å². The topological polar surface area (TPSA) is 4.93 Å². The van der Waals surface area contributed by atoms with E-state index in [0.717, 1.165) is 4.47 Å². The molecule has 8 aromatic carbocycles. The molecule has 3 heteroatoms. The predicted octanol–water partition coefficient (Wildman–Crippen LogP) is 12.5. The summed E-state index contributed by atoms with van der Waals surface area (Å²) < 4.78 is 3.60. The Morgan fingerprint density at radius 2 is 0.818 bits per heavy atom. The molecular weight excluding hydrogens is 729 g/mol. The second-order valence-corrected chi connectivity index (χ2v) is 16.8. The molecule has 1 heterocycles. The van der Waals surface area contributed by atoms with Gasteiger partial charge in [-0.05, 0) is 103 Å². The first kappa shape index (κ1) is 31.5. The molecule has 0 bridgehead atoms. The van der Waals surface area contributed by atoms with Gasteiger partial charge in [-0.2, -0.15) is 0 Å². The van der Waals surface area contributed by atoms with Crippen LogP contribution in [0.25, 0.3) is 49.7 Å². The van der Waals surface area contributed by atoms with Crippen LogP contribution in [0.1, 0.15) is 44.5 Å². The molecule has 0 radical (unpaired) electrons. The largest absolute Gasteiger partial charge is 0.309 e. The van der Waals surface area contributed by atoms with Crippen LogP contribution in [0.2, 0.25) is 13.6 Å². The van der Waals surface area contributed by atoms with E-state index in [9.17, 15) is 0 Å². The quantitative estimate of drug-likeness (QED) is 0.155. The third-order valence-electron chi connectivity index (χ3n) is 13.1. The zero-order chi connectivity index (χ0) is 36.6. The molecule has 1 nitrogen and oxygen atoms in total. The van der Waals surface area contributed by atoms with E-state index in [1.54, 1.807) is 0 Å². The highest BCUT2D eigenvalue weighted by molar-refractivity contribution is 9.10. The van der Waals surface area contributed by atoms with Crippen molar-refractivity contribution in [3.05, 3.63) is 225 Å². The maximum absolute atomic E-state index is 3.82. The minimum Gasteiger partial charge on any atom is -0.309 e. The van der Waals surface area contributed by atoms with Crippen LogP contribution in [0.15, 0.2) is 180 Å². The minimum atomic E-state index is -0.528. The molecule has 0 N–H and O–H groups in total. The van der Waals surface area contributed by atoms with E-state index in [0.29, 0.717) is 6.71 Å². The first-order valence-corrected chi connectivity index (χ1v) is 20.2. The predicted molar refractivity (Wildman–Crippen MR) is 234 cm³/mol. The summed E-state index contributed by atoms with van der Waals surface area (Å²) in [6, 6.07) is 67.2. The van der Waals surface area contributed by atoms with E-state index < -0.39 is 10.8 Å². The maximum Gasteiger partial charge on any atom is 0.169 e. The molecule has 55 heavy (non-hydrogen) atoms. The van der Waals surface area contributed by atoms with Gasteiger partial charge in [0.2, 0.25) is 0 Å². The highest BCUT2D eigenvalue weighted by Gasteiger charge is 2.59. The third-order valence-corrected chi connectivity index (χ3v) is 13.6. The normalized spacial score (nSPS) is 14.7. The Labute approximate surface area is 330 Å². The van der Waals surface area contributed by atoms with E-state index in [2.05, 4.69) is 210 Å². The van der Waals surface area contributed by atoms with Crippen LogP contribution in [0.3, 0.4) is 0 Å². The molecule has 0 unspecified atom stereocenters. The van der Waals surface area contributed by atoms with Crippen LogP contribution in [0.5, 0.6) is 0 Å². The van der Waals surface area contributed by atoms with Crippen LogP contribution in [-0.2, 0) is 10.8 Å². The molecular formula is C52H35BBrN. The van der Waals surface area contributed by atoms with Crippen molar-refractivity contribution in [1.29, 1.82) is 0 Å². The molecule has 3 aliphatic carbocycles. The Balaban J connectivity index is 1.28. The lowest BCUT2D eigenvalue weighted by atomic mass is 9.49. The van der Waals surface area contributed by atoms with Gasteiger partial charge in [0, 0.05) is 20.9 Å². The SMILES string of the molecule is CB(C)c1ccc2c(c1)c1cc(Br)ccc1n2-c1ccc2c(c1)C1(c3ccccc3-c3ccccc31)c1ccccc1C21c2ccccc2-c2ccccc21. The maximum atomic E-state index is 3.82. The van der Waals surface area contributed by atoms with Crippen molar-refractivity contribution < 1.29 is 0 Å². The summed E-state index contributed by atoms with van der Waals surface area (Å²) >= 11 is 3.82. The van der Waals surface area contributed by atoms with Gasteiger partial charge >= 0.3 is 0 Å². The number of nitrogens with zero attached hydrogens (tertiary/aromatic N) is 1. The monoisotopic (exact) mass is 763 g/mol. The number of hydrogen-bond acceptors (Lipinski definition) is 0. The summed E-state index contributed by atoms with van der Waals surface area (Å²) in [5, 5.41) is 2.54. The van der Waals surface area contributed by atoms with Crippen molar-refractivity contribution in [3.63, 3.8) is 0 Å². The lowest BCUT2D eigenvalue weighted by Crippen LogP contribution is -2.43. The van der Waals surface area contributed by atoms with Gasteiger partial charge in [-0.15, -0.1) is 0 Å². The van der Waals surface area contributed by atoms with Crippen LogP contribution < -0.4 is 5.46 Å². The number of rotatable bonds is 2. The zero-order valence-electron chi connectivity index (χ0n) is 30.6. The van der Waals surface area contributed by atoms with Crippen molar-refractivity contribution in [1.82, 2.24) is 4.57 Å². The number of fused-ring (bicyclic) bond motifs is 19. The Bertz CT molecular complexity index is 3020. The average Bonchev–Trinajstić information content (AvgIpc) is 3.82. The Hall–Kier alpha value is -5.90. The average molecular weight is 765 g/mol. The van der Waals surface area contributed by atoms with Crippen LogP contribution >= 0.6 is 15.9 Å². The highest BCUT2D eigenvalue weighted by Crippen LogP contribution is 2.67. The van der Waals surface area contributed by atoms with Gasteiger partial charge in [0.25, 0.3) is 0 Å². The van der Waals surface area contributed by atoms with Crippen LogP contribution in [-0.4, -0.2) is 11.3 Å². The summed E-state index contributed by atoms with van der Waals surface area (Å²) in [6.45, 7) is 5.00. The molecule has 0 amide bonds. The summed E-state index contributed by atoms with van der Waals surface area (Å²) in [5.74, 6) is 0. The molecule has 0 fully saturated rings. The fraction of sp³-hybridized carbons (Fsp3) is 0.0769. The van der Waals surface area contributed by atoms with Gasteiger partial charge in [0.1, 0.15) is 0 Å². The van der Waals surface area contributed by atoms with Crippen LogP contribution in [0, 0.1) is 0 Å². The van der Waals surface area contributed by atoms with E-state index >= 15 is 0 Å². The first-order chi connectivity index (χ1) is 27.0. The number of halogens is 1. The number of aromatic nitrogens is 1. The third kappa shape index (κ3) is 3.80. The Morgan fingerprint density at radius 3 is 1.33 bits per heavy atom. The molecule has 1 aromatic heterocycles. The number of benzene rings is 8. The van der Waals surface area contributed by atoms with Crippen molar-refractivity contribution in [2.24, 2.45) is 0 Å². The van der Waals surface area contributed by atoms with E-state index in [4.69, 9.17) is 0 Å². The smallest absolute Gasteiger partial charge is 0.169 e. The lowest BCUT2D eigenvalue weighted by Gasteiger charge is -2.49. The Kier molecular flexibility index (Phi) is 6.34. The van der Waals surface area contributed by atoms with Crippen LogP contribution in [0.4, 0.5) is 0 Å². The van der Waals surface area contributed by atoms with Crippen molar-refractivity contribution >= 4 is 49.9 Å². The summed E-state index contributed by atoms with van der Waals surface area (Å²) in [4.78, 5) is 0.